The van der Waals surface area contributed by atoms with Crippen LogP contribution >= 0.6 is 0 Å². The molecular weight excluding hydrogens is 332 g/mol. The van der Waals surface area contributed by atoms with Gasteiger partial charge in [0.2, 0.25) is 5.91 Å². The van der Waals surface area contributed by atoms with Crippen molar-refractivity contribution in [1.82, 2.24) is 4.90 Å². The van der Waals surface area contributed by atoms with Crippen molar-refractivity contribution in [2.45, 2.75) is 52.1 Å². The molecule has 144 valence electrons. The van der Waals surface area contributed by atoms with Gasteiger partial charge in [-0.2, -0.15) is 0 Å². The van der Waals surface area contributed by atoms with Gasteiger partial charge in [-0.1, -0.05) is 55.5 Å². The van der Waals surface area contributed by atoms with Gasteiger partial charge in [0.1, 0.15) is 0 Å². The van der Waals surface area contributed by atoms with Crippen LogP contribution < -0.4 is 4.90 Å². The lowest BCUT2D eigenvalue weighted by Gasteiger charge is -2.42. The van der Waals surface area contributed by atoms with Crippen LogP contribution in [0.5, 0.6) is 0 Å². The van der Waals surface area contributed by atoms with E-state index >= 15 is 0 Å². The Kier molecular flexibility index (Phi) is 6.68. The SMILES string of the molecule is CCC(=O)N(c1ccccc1)C(C)C1CCCN(C(C)c2ccccc2)C1. The Bertz CT molecular complexity index is 716. The summed E-state index contributed by atoms with van der Waals surface area (Å²) in [7, 11) is 0. The summed E-state index contributed by atoms with van der Waals surface area (Å²) < 4.78 is 0. The average Bonchev–Trinajstić information content (AvgIpc) is 2.74. The Morgan fingerprint density at radius 3 is 2.33 bits per heavy atom. The maximum absolute atomic E-state index is 12.7. The molecule has 0 radical (unpaired) electrons. The predicted octanol–water partition coefficient (Wildman–Crippen LogP) is 5.29. The molecule has 3 unspecified atom stereocenters. The van der Waals surface area contributed by atoms with E-state index in [0.717, 1.165) is 18.8 Å². The summed E-state index contributed by atoms with van der Waals surface area (Å²) in [6, 6.07) is 21.5. The van der Waals surface area contributed by atoms with Crippen molar-refractivity contribution in [2.24, 2.45) is 5.92 Å². The second-order valence-corrected chi connectivity index (χ2v) is 7.68. The number of carbonyl (C=O) groups is 1. The molecule has 0 N–H and O–H groups in total. The molecule has 3 atom stereocenters. The third-order valence-electron chi connectivity index (χ3n) is 6.01. The molecule has 1 fully saturated rings. The predicted molar refractivity (Wildman–Crippen MR) is 113 cm³/mol. The van der Waals surface area contributed by atoms with E-state index < -0.39 is 0 Å². The maximum Gasteiger partial charge on any atom is 0.226 e. The first kappa shape index (κ1) is 19.6. The van der Waals surface area contributed by atoms with Gasteiger partial charge in [-0.3, -0.25) is 9.69 Å². The molecule has 1 saturated heterocycles. The van der Waals surface area contributed by atoms with Gasteiger partial charge in [-0.25, -0.2) is 0 Å². The summed E-state index contributed by atoms with van der Waals surface area (Å²) in [5, 5.41) is 0. The molecule has 1 aliphatic rings. The molecule has 2 aromatic carbocycles. The minimum absolute atomic E-state index is 0.200. The van der Waals surface area contributed by atoms with Crippen molar-refractivity contribution in [3.63, 3.8) is 0 Å². The number of nitrogens with zero attached hydrogens (tertiary/aromatic N) is 2. The fourth-order valence-corrected chi connectivity index (χ4v) is 4.30. The van der Waals surface area contributed by atoms with E-state index in [2.05, 4.69) is 61.2 Å². The maximum atomic E-state index is 12.7. The monoisotopic (exact) mass is 364 g/mol. The van der Waals surface area contributed by atoms with Gasteiger partial charge >= 0.3 is 0 Å². The minimum Gasteiger partial charge on any atom is -0.309 e. The quantitative estimate of drug-likeness (QED) is 0.695. The van der Waals surface area contributed by atoms with Crippen LogP contribution in [0.2, 0.25) is 0 Å². The molecule has 3 rings (SSSR count). The summed E-state index contributed by atoms with van der Waals surface area (Å²) in [5.41, 5.74) is 2.39. The van der Waals surface area contributed by atoms with Crippen LogP contribution in [0.3, 0.4) is 0 Å². The Morgan fingerprint density at radius 1 is 1.07 bits per heavy atom. The van der Waals surface area contributed by atoms with Crippen LogP contribution in [0.15, 0.2) is 60.7 Å². The summed E-state index contributed by atoms with van der Waals surface area (Å²) in [4.78, 5) is 17.4. The third-order valence-corrected chi connectivity index (χ3v) is 6.01. The van der Waals surface area contributed by atoms with E-state index in [1.165, 1.54) is 18.4 Å². The molecule has 3 heteroatoms. The summed E-state index contributed by atoms with van der Waals surface area (Å²) in [6.45, 7) is 8.65. The number of benzene rings is 2. The van der Waals surface area contributed by atoms with E-state index in [9.17, 15) is 4.79 Å². The fraction of sp³-hybridized carbons (Fsp3) is 0.458. The Hall–Kier alpha value is -2.13. The first-order valence-electron chi connectivity index (χ1n) is 10.3. The highest BCUT2D eigenvalue weighted by Gasteiger charge is 2.32. The van der Waals surface area contributed by atoms with Gasteiger partial charge in [-0.05, 0) is 56.8 Å². The average molecular weight is 365 g/mol. The zero-order chi connectivity index (χ0) is 19.2. The van der Waals surface area contributed by atoms with Crippen molar-refractivity contribution in [3.8, 4) is 0 Å². The zero-order valence-corrected chi connectivity index (χ0v) is 16.8. The number of rotatable bonds is 6. The van der Waals surface area contributed by atoms with Crippen molar-refractivity contribution < 1.29 is 4.79 Å². The highest BCUT2D eigenvalue weighted by atomic mass is 16.2. The Balaban J connectivity index is 1.76. The van der Waals surface area contributed by atoms with E-state index in [1.54, 1.807) is 0 Å². The fourth-order valence-electron chi connectivity index (χ4n) is 4.30. The highest BCUT2D eigenvalue weighted by molar-refractivity contribution is 5.93. The van der Waals surface area contributed by atoms with Gasteiger partial charge in [-0.15, -0.1) is 0 Å². The van der Waals surface area contributed by atoms with Gasteiger partial charge in [0.15, 0.2) is 0 Å². The summed E-state index contributed by atoms with van der Waals surface area (Å²) >= 11 is 0. The third kappa shape index (κ3) is 4.59. The molecule has 0 aliphatic carbocycles. The molecule has 27 heavy (non-hydrogen) atoms. The largest absolute Gasteiger partial charge is 0.309 e. The topological polar surface area (TPSA) is 23.6 Å². The molecular formula is C24H32N2O. The van der Waals surface area contributed by atoms with Crippen LogP contribution in [-0.4, -0.2) is 29.9 Å². The molecule has 0 aromatic heterocycles. The highest BCUT2D eigenvalue weighted by Crippen LogP contribution is 2.31. The van der Waals surface area contributed by atoms with Crippen molar-refractivity contribution in [2.75, 3.05) is 18.0 Å². The number of carbonyl (C=O) groups excluding carboxylic acids is 1. The molecule has 0 bridgehead atoms. The standard InChI is InChI=1S/C24H32N2O/c1-4-24(27)26(23-15-9-6-10-16-23)20(3)22-14-11-17-25(18-22)19(2)21-12-7-5-8-13-21/h5-10,12-13,15-16,19-20,22H,4,11,14,17-18H2,1-3H3. The van der Waals surface area contributed by atoms with Crippen molar-refractivity contribution in [3.05, 3.63) is 66.2 Å². The van der Waals surface area contributed by atoms with E-state index in [1.807, 2.05) is 30.0 Å². The number of hydrogen-bond donors (Lipinski definition) is 0. The molecule has 1 heterocycles. The zero-order valence-electron chi connectivity index (χ0n) is 16.8. The van der Waals surface area contributed by atoms with Gasteiger partial charge in [0, 0.05) is 30.7 Å². The second-order valence-electron chi connectivity index (χ2n) is 7.68. The second kappa shape index (κ2) is 9.18. The lowest BCUT2D eigenvalue weighted by Crippen LogP contribution is -2.49. The van der Waals surface area contributed by atoms with Crippen LogP contribution in [-0.2, 0) is 4.79 Å². The van der Waals surface area contributed by atoms with E-state index in [-0.39, 0.29) is 11.9 Å². The molecule has 0 spiro atoms. The van der Waals surface area contributed by atoms with E-state index in [0.29, 0.717) is 18.4 Å². The number of hydrogen-bond acceptors (Lipinski definition) is 2. The normalized spacial score (nSPS) is 20.0. The van der Waals surface area contributed by atoms with Gasteiger partial charge in [0.25, 0.3) is 0 Å². The van der Waals surface area contributed by atoms with Gasteiger partial charge in [0.05, 0.1) is 0 Å². The lowest BCUT2D eigenvalue weighted by molar-refractivity contribution is -0.119. The lowest BCUT2D eigenvalue weighted by atomic mass is 9.88. The van der Waals surface area contributed by atoms with Crippen LogP contribution in [0.4, 0.5) is 5.69 Å². The first-order chi connectivity index (χ1) is 13.1. The molecule has 1 amide bonds. The van der Waals surface area contributed by atoms with Crippen molar-refractivity contribution in [1.29, 1.82) is 0 Å². The van der Waals surface area contributed by atoms with Crippen LogP contribution in [0.25, 0.3) is 0 Å². The smallest absolute Gasteiger partial charge is 0.226 e. The first-order valence-corrected chi connectivity index (χ1v) is 10.3. The number of piperidine rings is 1. The minimum atomic E-state index is 0.200. The Morgan fingerprint density at radius 2 is 1.70 bits per heavy atom. The number of para-hydroxylation sites is 1. The van der Waals surface area contributed by atoms with Crippen LogP contribution in [0.1, 0.15) is 51.6 Å². The summed E-state index contributed by atoms with van der Waals surface area (Å²) in [6.07, 6.45) is 2.91. The molecule has 0 saturated carbocycles. The molecule has 2 aromatic rings. The van der Waals surface area contributed by atoms with Gasteiger partial charge < -0.3 is 4.90 Å². The van der Waals surface area contributed by atoms with Crippen LogP contribution in [0, 0.1) is 5.92 Å². The number of amides is 1. The Labute approximate surface area is 164 Å². The molecule has 1 aliphatic heterocycles. The number of anilines is 1. The molecule has 3 nitrogen and oxygen atoms in total. The van der Waals surface area contributed by atoms with E-state index in [4.69, 9.17) is 0 Å². The van der Waals surface area contributed by atoms with Crippen molar-refractivity contribution >= 4 is 11.6 Å². The summed E-state index contributed by atoms with van der Waals surface area (Å²) in [5.74, 6) is 0.697. The number of likely N-dealkylation sites (tertiary alicyclic amines) is 1.